The minimum atomic E-state index is 0. The fourth-order valence-corrected chi connectivity index (χ4v) is 0.726. The zero-order valence-corrected chi connectivity index (χ0v) is 12.2. The van der Waals surface area contributed by atoms with Gasteiger partial charge < -0.3 is 22.6 Å². The molecule has 14 heavy (non-hydrogen) atoms. The summed E-state index contributed by atoms with van der Waals surface area (Å²) >= 11 is 0. The zero-order valence-electron chi connectivity index (χ0n) is 10.4. The van der Waals surface area contributed by atoms with Crippen LogP contribution >= 0.6 is 0 Å². The van der Waals surface area contributed by atoms with Crippen LogP contribution in [0.2, 0.25) is 0 Å². The first kappa shape index (κ1) is 19.5. The van der Waals surface area contributed by atoms with E-state index in [0.29, 0.717) is 12.1 Å². The van der Waals surface area contributed by atoms with Crippen molar-refractivity contribution in [3.05, 3.63) is 12.7 Å². The van der Waals surface area contributed by atoms with Gasteiger partial charge in [-0.3, -0.25) is 0 Å². The fraction of sp³-hybridized carbons (Fsp3) is 0.800. The average molecular weight is 287 g/mol. The van der Waals surface area contributed by atoms with Crippen molar-refractivity contribution in [2.75, 3.05) is 14.1 Å². The van der Waals surface area contributed by atoms with Gasteiger partial charge in [0.25, 0.3) is 0 Å². The van der Waals surface area contributed by atoms with Crippen molar-refractivity contribution in [3.63, 3.8) is 0 Å². The van der Waals surface area contributed by atoms with Crippen molar-refractivity contribution in [2.45, 2.75) is 39.8 Å². The van der Waals surface area contributed by atoms with Crippen LogP contribution in [0, 0.1) is 7.43 Å². The summed E-state index contributed by atoms with van der Waals surface area (Å²) in [5, 5.41) is 4.39. The van der Waals surface area contributed by atoms with E-state index in [1.165, 1.54) is 0 Å². The number of aliphatic imine (C=N–C) groups is 1. The number of nitrogens with zero attached hydrogens (tertiary/aromatic N) is 3. The van der Waals surface area contributed by atoms with Crippen LogP contribution in [0.1, 0.15) is 27.7 Å². The van der Waals surface area contributed by atoms with Crippen LogP contribution < -0.4 is 0 Å². The molecule has 0 rings (SSSR count). The Morgan fingerprint density at radius 2 is 1.57 bits per heavy atom. The van der Waals surface area contributed by atoms with Crippen molar-refractivity contribution in [2.24, 2.45) is 4.99 Å². The second kappa shape index (κ2) is 9.45. The van der Waals surface area contributed by atoms with Gasteiger partial charge in [0.05, 0.1) is 0 Å². The van der Waals surface area contributed by atoms with Crippen molar-refractivity contribution < 1.29 is 19.5 Å². The summed E-state index contributed by atoms with van der Waals surface area (Å²) in [5.41, 5.74) is 0. The molecule has 0 aliphatic carbocycles. The molecular formula is C10H24N3Ru. The Labute approximate surface area is 102 Å². The van der Waals surface area contributed by atoms with Gasteiger partial charge in [-0.25, -0.2) is 0 Å². The van der Waals surface area contributed by atoms with Gasteiger partial charge in [-0.1, -0.05) is 27.7 Å². The van der Waals surface area contributed by atoms with E-state index < -0.39 is 0 Å². The predicted octanol–water partition coefficient (Wildman–Crippen LogP) is 2.27. The Kier molecular flexibility index (Phi) is 13.1. The maximum absolute atomic E-state index is 4.39. The second-order valence-electron chi connectivity index (χ2n) is 3.64. The van der Waals surface area contributed by atoms with Gasteiger partial charge in [0.2, 0.25) is 0 Å². The molecule has 4 heteroatoms. The van der Waals surface area contributed by atoms with Gasteiger partial charge in [0, 0.05) is 5.96 Å². The summed E-state index contributed by atoms with van der Waals surface area (Å²) in [6.45, 7) is 8.22. The van der Waals surface area contributed by atoms with E-state index in [4.69, 9.17) is 0 Å². The summed E-state index contributed by atoms with van der Waals surface area (Å²) < 4.78 is 0. The standard InChI is InChI=1S/C9H20N3.CH3.Ru.H/c1-7(2)10-9(12(5)6)11-8(3)4;;;/h7-8H,1-6H3;1H3;;/q2*-1;+2;. The summed E-state index contributed by atoms with van der Waals surface area (Å²) in [5.74, 6) is 0.833. The average Bonchev–Trinajstić information content (AvgIpc) is 1.83. The molecule has 0 spiro atoms. The topological polar surface area (TPSA) is 29.7 Å². The van der Waals surface area contributed by atoms with Crippen LogP contribution in [-0.2, 0) is 19.5 Å². The third-order valence-corrected chi connectivity index (χ3v) is 1.15. The first-order valence-corrected chi connectivity index (χ1v) is 4.39. The van der Waals surface area contributed by atoms with Crippen LogP contribution in [0.25, 0.3) is 5.32 Å². The molecule has 0 saturated heterocycles. The molecule has 0 bridgehead atoms. The Morgan fingerprint density at radius 3 is 1.79 bits per heavy atom. The maximum atomic E-state index is 4.39. The molecule has 0 aromatic heterocycles. The molecular weight excluding hydrogens is 263 g/mol. The van der Waals surface area contributed by atoms with Crippen LogP contribution in [0.15, 0.2) is 4.99 Å². The Morgan fingerprint density at radius 1 is 1.14 bits per heavy atom. The molecule has 0 unspecified atom stereocenters. The van der Waals surface area contributed by atoms with Crippen LogP contribution in [0.4, 0.5) is 0 Å². The van der Waals surface area contributed by atoms with Gasteiger partial charge in [-0.2, -0.15) is 0 Å². The Hall–Kier alpha value is -0.107. The molecule has 0 amide bonds. The SMILES string of the molecule is CC(C)N=C([N-]C(C)C)N(C)C.[CH3-].[RuH+2]. The molecule has 3 nitrogen and oxygen atoms in total. The van der Waals surface area contributed by atoms with Crippen molar-refractivity contribution in [3.8, 4) is 0 Å². The van der Waals surface area contributed by atoms with Gasteiger partial charge in [-0.05, 0) is 26.2 Å². The fourth-order valence-electron chi connectivity index (χ4n) is 0.726. The van der Waals surface area contributed by atoms with Gasteiger partial charge >= 0.3 is 19.5 Å². The summed E-state index contributed by atoms with van der Waals surface area (Å²) in [4.78, 5) is 6.34. The normalized spacial score (nSPS) is 10.7. The summed E-state index contributed by atoms with van der Waals surface area (Å²) in [6, 6.07) is 0.620. The van der Waals surface area contributed by atoms with Crippen LogP contribution in [-0.4, -0.2) is 37.0 Å². The van der Waals surface area contributed by atoms with E-state index in [-0.39, 0.29) is 26.9 Å². The first-order chi connectivity index (χ1) is 5.43. The quantitative estimate of drug-likeness (QED) is 0.332. The van der Waals surface area contributed by atoms with Crippen molar-refractivity contribution >= 4 is 5.96 Å². The number of guanidine groups is 1. The molecule has 0 N–H and O–H groups in total. The van der Waals surface area contributed by atoms with E-state index in [9.17, 15) is 0 Å². The van der Waals surface area contributed by atoms with E-state index in [2.05, 4.69) is 38.0 Å². The van der Waals surface area contributed by atoms with Crippen LogP contribution in [0.3, 0.4) is 0 Å². The third-order valence-electron chi connectivity index (χ3n) is 1.15. The molecule has 0 heterocycles. The Bertz CT molecular complexity index is 153. The minimum absolute atomic E-state index is 0. The molecule has 0 fully saturated rings. The van der Waals surface area contributed by atoms with Gasteiger partial charge in [-0.15, -0.1) is 0 Å². The van der Waals surface area contributed by atoms with Crippen molar-refractivity contribution in [1.82, 2.24) is 4.90 Å². The predicted molar refractivity (Wildman–Crippen MR) is 62.6 cm³/mol. The molecule has 0 radical (unpaired) electrons. The van der Waals surface area contributed by atoms with Crippen LogP contribution in [0.5, 0.6) is 0 Å². The second-order valence-corrected chi connectivity index (χ2v) is 3.64. The van der Waals surface area contributed by atoms with E-state index in [1.807, 2.05) is 19.0 Å². The molecule has 0 aliphatic rings. The third kappa shape index (κ3) is 9.98. The molecule has 0 aromatic carbocycles. The Balaban J connectivity index is -0.000000605. The summed E-state index contributed by atoms with van der Waals surface area (Å²) in [7, 11) is 3.93. The molecule has 0 aliphatic heterocycles. The molecule has 0 aromatic rings. The van der Waals surface area contributed by atoms with Gasteiger partial charge in [0.1, 0.15) is 0 Å². The molecule has 0 saturated carbocycles. The van der Waals surface area contributed by atoms with Crippen molar-refractivity contribution in [1.29, 1.82) is 0 Å². The van der Waals surface area contributed by atoms with E-state index in [0.717, 1.165) is 5.96 Å². The van der Waals surface area contributed by atoms with Gasteiger partial charge in [0.15, 0.2) is 0 Å². The van der Waals surface area contributed by atoms with E-state index >= 15 is 0 Å². The van der Waals surface area contributed by atoms with E-state index in [1.54, 1.807) is 0 Å². The number of rotatable bonds is 2. The molecule has 0 atom stereocenters. The zero-order chi connectivity index (χ0) is 9.72. The monoisotopic (exact) mass is 288 g/mol. The summed E-state index contributed by atoms with van der Waals surface area (Å²) in [6.07, 6.45) is 0. The number of hydrogen-bond acceptors (Lipinski definition) is 1. The first-order valence-electron chi connectivity index (χ1n) is 4.39. The molecule has 87 valence electrons. The number of hydrogen-bond donors (Lipinski definition) is 0.